The molecule has 2 aliphatic heterocycles. The molecule has 0 radical (unpaired) electrons. The second-order valence-corrected chi connectivity index (χ2v) is 7.36. The van der Waals surface area contributed by atoms with Gasteiger partial charge in [-0.25, -0.2) is 9.78 Å². The third kappa shape index (κ3) is 2.80. The molecule has 0 fully saturated rings. The van der Waals surface area contributed by atoms with Crippen LogP contribution >= 0.6 is 0 Å². The Kier molecular flexibility index (Phi) is 4.20. The van der Waals surface area contributed by atoms with Crippen LogP contribution in [0.25, 0.3) is 10.9 Å². The van der Waals surface area contributed by atoms with E-state index in [0.717, 1.165) is 19.3 Å². The lowest BCUT2D eigenvalue weighted by atomic mass is 10.1. The first-order valence-corrected chi connectivity index (χ1v) is 9.78. The average Bonchev–Trinajstić information content (AvgIpc) is 2.92. The van der Waals surface area contributed by atoms with Gasteiger partial charge in [0.15, 0.2) is 0 Å². The number of aryl methyl sites for hydroxylation is 1. The van der Waals surface area contributed by atoms with E-state index in [1.807, 2.05) is 0 Å². The van der Waals surface area contributed by atoms with Crippen molar-refractivity contribution in [3.05, 3.63) is 75.3 Å². The maximum atomic E-state index is 12.8. The predicted octanol–water partition coefficient (Wildman–Crippen LogP) is 2.49. The number of aromatic nitrogens is 2. The van der Waals surface area contributed by atoms with E-state index in [0.29, 0.717) is 34.8 Å². The fourth-order valence-corrected chi connectivity index (χ4v) is 3.93. The number of benzene rings is 2. The van der Waals surface area contributed by atoms with Crippen molar-refractivity contribution < 1.29 is 19.2 Å². The SMILES string of the molecule is O=C(ON1C(=O)c2ccccc2C1=O)c1ccc2c(=O)n3c(nc2c1)CCCCC3. The van der Waals surface area contributed by atoms with E-state index < -0.39 is 17.8 Å². The molecule has 0 aliphatic carbocycles. The minimum atomic E-state index is -0.872. The minimum absolute atomic E-state index is 0.101. The maximum Gasteiger partial charge on any atom is 0.364 e. The van der Waals surface area contributed by atoms with E-state index in [2.05, 4.69) is 4.98 Å². The highest BCUT2D eigenvalue weighted by atomic mass is 16.7. The number of hydrogen-bond donors (Lipinski definition) is 0. The van der Waals surface area contributed by atoms with Crippen LogP contribution in [0.1, 0.15) is 56.2 Å². The molecule has 150 valence electrons. The number of amides is 2. The van der Waals surface area contributed by atoms with Crippen LogP contribution in [0.3, 0.4) is 0 Å². The molecule has 3 aromatic rings. The second kappa shape index (κ2) is 6.91. The van der Waals surface area contributed by atoms with E-state index in [9.17, 15) is 19.2 Å². The molecule has 0 bridgehead atoms. The Bertz CT molecular complexity index is 1260. The summed E-state index contributed by atoms with van der Waals surface area (Å²) in [5.74, 6) is -1.54. The molecule has 2 aliphatic rings. The topological polar surface area (TPSA) is 98.6 Å². The van der Waals surface area contributed by atoms with Gasteiger partial charge in [-0.1, -0.05) is 23.6 Å². The van der Waals surface area contributed by atoms with Crippen molar-refractivity contribution in [1.29, 1.82) is 0 Å². The van der Waals surface area contributed by atoms with Crippen molar-refractivity contribution in [2.45, 2.75) is 32.2 Å². The number of hydroxylamine groups is 2. The largest absolute Gasteiger partial charge is 0.364 e. The van der Waals surface area contributed by atoms with Crippen molar-refractivity contribution in [1.82, 2.24) is 14.6 Å². The highest BCUT2D eigenvalue weighted by molar-refractivity contribution is 6.21. The van der Waals surface area contributed by atoms with Crippen LogP contribution in [0.15, 0.2) is 47.3 Å². The minimum Gasteiger partial charge on any atom is -0.324 e. The van der Waals surface area contributed by atoms with Crippen LogP contribution in [0.5, 0.6) is 0 Å². The highest BCUT2D eigenvalue weighted by Crippen LogP contribution is 2.24. The lowest BCUT2D eigenvalue weighted by Gasteiger charge is -2.13. The van der Waals surface area contributed by atoms with Gasteiger partial charge >= 0.3 is 5.97 Å². The molecule has 30 heavy (non-hydrogen) atoms. The summed E-state index contributed by atoms with van der Waals surface area (Å²) >= 11 is 0. The number of carbonyl (C=O) groups is 3. The number of imide groups is 1. The number of rotatable bonds is 2. The zero-order valence-electron chi connectivity index (χ0n) is 16.0. The van der Waals surface area contributed by atoms with Crippen molar-refractivity contribution in [2.75, 3.05) is 0 Å². The summed E-state index contributed by atoms with van der Waals surface area (Å²) in [5.41, 5.74) is 0.740. The van der Waals surface area contributed by atoms with Crippen LogP contribution < -0.4 is 5.56 Å². The van der Waals surface area contributed by atoms with E-state index in [1.165, 1.54) is 30.3 Å². The molecule has 0 spiro atoms. The Morgan fingerprint density at radius 3 is 2.40 bits per heavy atom. The van der Waals surface area contributed by atoms with Crippen LogP contribution in [0, 0.1) is 0 Å². The monoisotopic (exact) mass is 403 g/mol. The first-order valence-electron chi connectivity index (χ1n) is 9.78. The number of fused-ring (bicyclic) bond motifs is 3. The Morgan fingerprint density at radius 2 is 1.67 bits per heavy atom. The van der Waals surface area contributed by atoms with Gasteiger partial charge in [0.1, 0.15) is 5.82 Å². The summed E-state index contributed by atoms with van der Waals surface area (Å²) in [7, 11) is 0. The molecule has 1 aromatic heterocycles. The van der Waals surface area contributed by atoms with Gasteiger partial charge in [-0.2, -0.15) is 0 Å². The molecule has 5 rings (SSSR count). The molecule has 0 N–H and O–H groups in total. The zero-order chi connectivity index (χ0) is 20.8. The quantitative estimate of drug-likeness (QED) is 0.610. The molecular weight excluding hydrogens is 386 g/mol. The van der Waals surface area contributed by atoms with E-state index in [4.69, 9.17) is 4.84 Å². The van der Waals surface area contributed by atoms with Crippen LogP contribution in [-0.2, 0) is 17.8 Å². The molecule has 0 saturated heterocycles. The lowest BCUT2D eigenvalue weighted by molar-refractivity contribution is -0.0584. The average molecular weight is 403 g/mol. The van der Waals surface area contributed by atoms with Gasteiger partial charge in [0.05, 0.1) is 27.6 Å². The van der Waals surface area contributed by atoms with Gasteiger partial charge < -0.3 is 4.84 Å². The zero-order valence-corrected chi connectivity index (χ0v) is 16.0. The van der Waals surface area contributed by atoms with Crippen LogP contribution in [0.4, 0.5) is 0 Å². The summed E-state index contributed by atoms with van der Waals surface area (Å²) < 4.78 is 1.70. The predicted molar refractivity (Wildman–Crippen MR) is 106 cm³/mol. The number of carbonyl (C=O) groups excluding carboxylic acids is 3. The van der Waals surface area contributed by atoms with Gasteiger partial charge in [0.25, 0.3) is 17.4 Å². The third-order valence-corrected chi connectivity index (χ3v) is 5.48. The molecule has 3 heterocycles. The third-order valence-electron chi connectivity index (χ3n) is 5.48. The maximum absolute atomic E-state index is 12.8. The first-order chi connectivity index (χ1) is 14.5. The van der Waals surface area contributed by atoms with Crippen molar-refractivity contribution in [3.63, 3.8) is 0 Å². The highest BCUT2D eigenvalue weighted by Gasteiger charge is 2.38. The normalized spacial score (nSPS) is 15.7. The van der Waals surface area contributed by atoms with Crippen molar-refractivity contribution in [3.8, 4) is 0 Å². The first kappa shape index (κ1) is 18.2. The van der Waals surface area contributed by atoms with Gasteiger partial charge in [-0.3, -0.25) is 19.0 Å². The van der Waals surface area contributed by atoms with E-state index in [1.54, 1.807) is 16.7 Å². The fraction of sp³-hybridized carbons (Fsp3) is 0.227. The molecule has 2 amide bonds. The fourth-order valence-electron chi connectivity index (χ4n) is 3.93. The van der Waals surface area contributed by atoms with Gasteiger partial charge in [-0.15, -0.1) is 0 Å². The van der Waals surface area contributed by atoms with Gasteiger partial charge in [0.2, 0.25) is 0 Å². The lowest BCUT2D eigenvalue weighted by Crippen LogP contribution is -2.32. The Labute approximate surface area is 170 Å². The summed E-state index contributed by atoms with van der Waals surface area (Å²) in [6.07, 6.45) is 3.64. The number of hydrogen-bond acceptors (Lipinski definition) is 6. The second-order valence-electron chi connectivity index (χ2n) is 7.36. The molecule has 8 nitrogen and oxygen atoms in total. The smallest absolute Gasteiger partial charge is 0.324 e. The molecular formula is C22H17N3O5. The van der Waals surface area contributed by atoms with Crippen LogP contribution in [0.2, 0.25) is 0 Å². The van der Waals surface area contributed by atoms with Crippen molar-refractivity contribution in [2.24, 2.45) is 0 Å². The van der Waals surface area contributed by atoms with Crippen LogP contribution in [-0.4, -0.2) is 32.4 Å². The van der Waals surface area contributed by atoms with Gasteiger partial charge in [-0.05, 0) is 43.2 Å². The van der Waals surface area contributed by atoms with E-state index in [-0.39, 0.29) is 22.2 Å². The summed E-state index contributed by atoms with van der Waals surface area (Å²) in [5, 5.41) is 0.884. The number of nitrogens with zero attached hydrogens (tertiary/aromatic N) is 3. The summed E-state index contributed by atoms with van der Waals surface area (Å²) in [4.78, 5) is 59.9. The molecule has 0 unspecified atom stereocenters. The van der Waals surface area contributed by atoms with Gasteiger partial charge in [0, 0.05) is 13.0 Å². The van der Waals surface area contributed by atoms with Crippen molar-refractivity contribution >= 4 is 28.7 Å². The standard InChI is InChI=1S/C22H17N3O5/c26-19-16-10-9-13(12-17(16)23-18-8-2-1-5-11-24(18)19)22(29)30-25-20(27)14-6-3-4-7-15(14)21(25)28/h3-4,6-7,9-10,12H,1-2,5,8,11H2. The molecule has 0 atom stereocenters. The molecule has 8 heteroatoms. The Morgan fingerprint density at radius 1 is 0.933 bits per heavy atom. The Hall–Kier alpha value is -3.81. The summed E-state index contributed by atoms with van der Waals surface area (Å²) in [6.45, 7) is 0.640. The molecule has 0 saturated carbocycles. The summed E-state index contributed by atoms with van der Waals surface area (Å²) in [6, 6.07) is 10.7. The Balaban J connectivity index is 1.47. The molecule has 2 aromatic carbocycles. The van der Waals surface area contributed by atoms with E-state index >= 15 is 0 Å².